The smallest absolute Gasteiger partial charge is 0.231 e. The molecule has 4 rings (SSSR count). The van der Waals surface area contributed by atoms with Crippen molar-refractivity contribution in [3.63, 3.8) is 0 Å². The first-order valence-corrected chi connectivity index (χ1v) is 9.78. The molecule has 1 fully saturated rings. The molecule has 28 heavy (non-hydrogen) atoms. The summed E-state index contributed by atoms with van der Waals surface area (Å²) in [4.78, 5) is 6.85. The fourth-order valence-electron chi connectivity index (χ4n) is 3.60. The first kappa shape index (κ1) is 18.7. The fraction of sp³-hybridized carbons (Fsp3) is 0.429. The number of piperidine rings is 1. The molecule has 1 aromatic carbocycles. The lowest BCUT2D eigenvalue weighted by atomic mass is 10.1. The Hall–Kier alpha value is -2.67. The molecular formula is C21H25FN4O2. The molecule has 0 N–H and O–H groups in total. The number of fused-ring (bicyclic) bond motifs is 1. The van der Waals surface area contributed by atoms with Gasteiger partial charge < -0.3 is 14.4 Å². The van der Waals surface area contributed by atoms with Crippen LogP contribution in [0.25, 0.3) is 16.9 Å². The number of imidazole rings is 1. The number of methoxy groups -OCH3 is 1. The average molecular weight is 384 g/mol. The molecule has 0 radical (unpaired) electrons. The summed E-state index contributed by atoms with van der Waals surface area (Å²) in [5.41, 5.74) is 2.07. The lowest BCUT2D eigenvalue weighted by molar-refractivity contribution is 0.202. The molecule has 0 unspecified atom stereocenters. The van der Waals surface area contributed by atoms with Crippen molar-refractivity contribution in [3.8, 4) is 22.9 Å². The van der Waals surface area contributed by atoms with E-state index < -0.39 is 5.82 Å². The zero-order valence-electron chi connectivity index (χ0n) is 16.1. The summed E-state index contributed by atoms with van der Waals surface area (Å²) in [6, 6.07) is 8.50. The SMILES string of the molecule is COc1ccc(-c2cnc3ccc(OCCCN4CCCCC4)nn23)cc1F. The normalized spacial score (nSPS) is 15.1. The van der Waals surface area contributed by atoms with Gasteiger partial charge in [0.2, 0.25) is 5.88 Å². The van der Waals surface area contributed by atoms with E-state index >= 15 is 0 Å². The Morgan fingerprint density at radius 2 is 1.96 bits per heavy atom. The van der Waals surface area contributed by atoms with Crippen molar-refractivity contribution >= 4 is 5.65 Å². The summed E-state index contributed by atoms with van der Waals surface area (Å²) in [6.45, 7) is 4.07. The molecule has 1 aliphatic rings. The second-order valence-corrected chi connectivity index (χ2v) is 7.04. The molecular weight excluding hydrogens is 359 g/mol. The number of likely N-dealkylation sites (tertiary alicyclic amines) is 1. The maximum Gasteiger partial charge on any atom is 0.231 e. The first-order valence-electron chi connectivity index (χ1n) is 9.78. The highest BCUT2D eigenvalue weighted by molar-refractivity contribution is 5.64. The zero-order valence-corrected chi connectivity index (χ0v) is 16.1. The van der Waals surface area contributed by atoms with Crippen LogP contribution in [-0.2, 0) is 0 Å². The lowest BCUT2D eigenvalue weighted by Gasteiger charge is -2.26. The summed E-state index contributed by atoms with van der Waals surface area (Å²) in [6.07, 6.45) is 6.61. The molecule has 3 heterocycles. The molecule has 0 atom stereocenters. The second kappa shape index (κ2) is 8.56. The van der Waals surface area contributed by atoms with E-state index in [0.717, 1.165) is 13.0 Å². The molecule has 1 aliphatic heterocycles. The molecule has 6 nitrogen and oxygen atoms in total. The highest BCUT2D eigenvalue weighted by Crippen LogP contribution is 2.26. The highest BCUT2D eigenvalue weighted by atomic mass is 19.1. The minimum Gasteiger partial charge on any atom is -0.494 e. The van der Waals surface area contributed by atoms with E-state index in [1.54, 1.807) is 22.8 Å². The van der Waals surface area contributed by atoms with E-state index in [4.69, 9.17) is 9.47 Å². The summed E-state index contributed by atoms with van der Waals surface area (Å²) in [7, 11) is 1.45. The number of hydrogen-bond donors (Lipinski definition) is 0. The van der Waals surface area contributed by atoms with Gasteiger partial charge in [-0.3, -0.25) is 0 Å². The maximum atomic E-state index is 14.1. The molecule has 0 saturated carbocycles. The third kappa shape index (κ3) is 4.09. The molecule has 148 valence electrons. The minimum atomic E-state index is -0.417. The number of hydrogen-bond acceptors (Lipinski definition) is 5. The molecule has 0 aliphatic carbocycles. The van der Waals surface area contributed by atoms with Gasteiger partial charge in [0.05, 0.1) is 25.6 Å². The van der Waals surface area contributed by atoms with Crippen molar-refractivity contribution in [2.24, 2.45) is 0 Å². The Morgan fingerprint density at radius 3 is 2.75 bits per heavy atom. The van der Waals surface area contributed by atoms with Crippen LogP contribution in [0.5, 0.6) is 11.6 Å². The summed E-state index contributed by atoms with van der Waals surface area (Å²) in [5.74, 6) is 0.336. The van der Waals surface area contributed by atoms with Crippen LogP contribution in [0.15, 0.2) is 36.5 Å². The van der Waals surface area contributed by atoms with Gasteiger partial charge in [0.25, 0.3) is 0 Å². The first-order chi connectivity index (χ1) is 13.7. The van der Waals surface area contributed by atoms with Crippen molar-refractivity contribution in [2.45, 2.75) is 25.7 Å². The van der Waals surface area contributed by atoms with Crippen molar-refractivity contribution in [1.82, 2.24) is 19.5 Å². The molecule has 3 aromatic rings. The van der Waals surface area contributed by atoms with Gasteiger partial charge in [0.1, 0.15) is 0 Å². The monoisotopic (exact) mass is 384 g/mol. The molecule has 7 heteroatoms. The van der Waals surface area contributed by atoms with Gasteiger partial charge in [-0.25, -0.2) is 13.9 Å². The quantitative estimate of drug-likeness (QED) is 0.580. The van der Waals surface area contributed by atoms with Crippen molar-refractivity contribution in [1.29, 1.82) is 0 Å². The number of nitrogens with zero attached hydrogens (tertiary/aromatic N) is 4. The Morgan fingerprint density at radius 1 is 1.11 bits per heavy atom. The predicted octanol–water partition coefficient (Wildman–Crippen LogP) is 3.80. The second-order valence-electron chi connectivity index (χ2n) is 7.04. The van der Waals surface area contributed by atoms with Crippen LogP contribution in [0.1, 0.15) is 25.7 Å². The van der Waals surface area contributed by atoms with Gasteiger partial charge in [-0.15, -0.1) is 5.10 Å². The zero-order chi connectivity index (χ0) is 19.3. The maximum absolute atomic E-state index is 14.1. The van der Waals surface area contributed by atoms with E-state index in [0.29, 0.717) is 29.4 Å². The van der Waals surface area contributed by atoms with Crippen LogP contribution in [0.4, 0.5) is 4.39 Å². The molecule has 0 bridgehead atoms. The number of benzene rings is 1. The number of ether oxygens (including phenoxy) is 2. The van der Waals surface area contributed by atoms with E-state index in [-0.39, 0.29) is 5.75 Å². The van der Waals surface area contributed by atoms with Crippen molar-refractivity contribution in [2.75, 3.05) is 33.4 Å². The minimum absolute atomic E-state index is 0.211. The topological polar surface area (TPSA) is 51.9 Å². The third-order valence-corrected chi connectivity index (χ3v) is 5.10. The van der Waals surface area contributed by atoms with Gasteiger partial charge >= 0.3 is 0 Å². The van der Waals surface area contributed by atoms with Crippen LogP contribution in [0.3, 0.4) is 0 Å². The average Bonchev–Trinajstić information content (AvgIpc) is 3.15. The Kier molecular flexibility index (Phi) is 5.71. The van der Waals surface area contributed by atoms with Gasteiger partial charge in [-0.05, 0) is 56.6 Å². The fourth-order valence-corrected chi connectivity index (χ4v) is 3.60. The van der Waals surface area contributed by atoms with Gasteiger partial charge in [-0.2, -0.15) is 0 Å². The molecule has 1 saturated heterocycles. The van der Waals surface area contributed by atoms with Crippen LogP contribution < -0.4 is 9.47 Å². The Labute approximate surface area is 163 Å². The molecule has 2 aromatic heterocycles. The van der Waals surface area contributed by atoms with Gasteiger partial charge in [-0.1, -0.05) is 6.42 Å². The van der Waals surface area contributed by atoms with Crippen LogP contribution >= 0.6 is 0 Å². The standard InChI is InChI=1S/C21H25FN4O2/c1-27-19-7-6-16(14-17(19)22)18-15-23-20-8-9-21(24-26(18)20)28-13-5-12-25-10-3-2-4-11-25/h6-9,14-15H,2-5,10-13H2,1H3. The third-order valence-electron chi connectivity index (χ3n) is 5.10. The molecule has 0 spiro atoms. The van der Waals surface area contributed by atoms with Gasteiger partial charge in [0, 0.05) is 18.2 Å². The summed E-state index contributed by atoms with van der Waals surface area (Å²) >= 11 is 0. The lowest BCUT2D eigenvalue weighted by Crippen LogP contribution is -2.31. The largest absolute Gasteiger partial charge is 0.494 e. The van der Waals surface area contributed by atoms with Crippen LogP contribution in [0, 0.1) is 5.82 Å². The van der Waals surface area contributed by atoms with Crippen LogP contribution in [0.2, 0.25) is 0 Å². The highest BCUT2D eigenvalue weighted by Gasteiger charge is 2.12. The van der Waals surface area contributed by atoms with E-state index in [9.17, 15) is 4.39 Å². The van der Waals surface area contributed by atoms with E-state index in [1.165, 1.54) is 45.5 Å². The van der Waals surface area contributed by atoms with E-state index in [2.05, 4.69) is 15.0 Å². The summed E-state index contributed by atoms with van der Waals surface area (Å²) < 4.78 is 26.6. The van der Waals surface area contributed by atoms with Crippen molar-refractivity contribution in [3.05, 3.63) is 42.3 Å². The summed E-state index contributed by atoms with van der Waals surface area (Å²) in [5, 5.41) is 4.53. The van der Waals surface area contributed by atoms with Crippen molar-refractivity contribution < 1.29 is 13.9 Å². The van der Waals surface area contributed by atoms with E-state index in [1.807, 2.05) is 12.1 Å². The molecule has 0 amide bonds. The van der Waals surface area contributed by atoms with Crippen LogP contribution in [-0.4, -0.2) is 52.8 Å². The Balaban J connectivity index is 1.44. The number of halogens is 1. The predicted molar refractivity (Wildman–Crippen MR) is 105 cm³/mol. The number of aromatic nitrogens is 3. The Bertz CT molecular complexity index is 937. The van der Waals surface area contributed by atoms with Gasteiger partial charge in [0.15, 0.2) is 17.2 Å². The number of rotatable bonds is 7.